The van der Waals surface area contributed by atoms with Crippen molar-refractivity contribution in [3.63, 3.8) is 0 Å². The Balaban J connectivity index is 1.31. The zero-order chi connectivity index (χ0) is 28.8. The van der Waals surface area contributed by atoms with Gasteiger partial charge in [-0.25, -0.2) is 13.1 Å². The van der Waals surface area contributed by atoms with Gasteiger partial charge in [0.25, 0.3) is 5.91 Å². The molecule has 0 aromatic heterocycles. The maximum atomic E-state index is 12.3. The highest BCUT2D eigenvalue weighted by molar-refractivity contribution is 7.90. The number of phenolic OH excluding ortho intramolecular Hbond substituents is 1. The lowest BCUT2D eigenvalue weighted by atomic mass is 10.1. The number of halogens is 3. The average molecular weight is 572 g/mol. The molecule has 0 unspecified atom stereocenters. The number of nitrogens with zero attached hydrogens (tertiary/aromatic N) is 2. The van der Waals surface area contributed by atoms with E-state index in [0.717, 1.165) is 55.1 Å². The molecule has 0 atom stereocenters. The van der Waals surface area contributed by atoms with E-state index in [2.05, 4.69) is 21.6 Å². The molecule has 1 saturated heterocycles. The van der Waals surface area contributed by atoms with Crippen molar-refractivity contribution in [1.82, 2.24) is 9.62 Å². The van der Waals surface area contributed by atoms with Crippen LogP contribution >= 0.6 is 0 Å². The second kappa shape index (κ2) is 12.4. The second-order valence-electron chi connectivity index (χ2n) is 9.38. The molecule has 2 N–H and O–H groups in total. The largest absolute Gasteiger partial charge is 0.508 e. The first-order valence-corrected chi connectivity index (χ1v) is 14.2. The van der Waals surface area contributed by atoms with E-state index in [1.165, 1.54) is 12.1 Å². The topological polar surface area (TPSA) is 90.0 Å². The third-order valence-corrected chi connectivity index (χ3v) is 7.61. The maximum absolute atomic E-state index is 12.3. The van der Waals surface area contributed by atoms with E-state index in [4.69, 9.17) is 0 Å². The van der Waals surface area contributed by atoms with Gasteiger partial charge in [-0.3, -0.25) is 9.69 Å². The van der Waals surface area contributed by atoms with Crippen molar-refractivity contribution in [3.8, 4) is 17.6 Å². The Morgan fingerprint density at radius 2 is 1.62 bits per heavy atom. The van der Waals surface area contributed by atoms with Gasteiger partial charge in [0.15, 0.2) is 0 Å². The lowest BCUT2D eigenvalue weighted by molar-refractivity contribution is -0.130. The Hall–Kier alpha value is -4.01. The molecule has 7 nitrogen and oxygen atoms in total. The standard InChI is InChI=1S/C29H28F3N3O4S/c30-29(31,32)14-19-40(38,39)33-28(37)24-10-12-26(13-11-24)35-17-15-34(16-18-35)21-25-6-2-1-5-23(25)9-8-22-4-3-7-27(36)20-22/h1-7,10-13,20,36H,14-19,21H2,(H,33,37). The van der Waals surface area contributed by atoms with Gasteiger partial charge in [-0.2, -0.15) is 13.2 Å². The van der Waals surface area contributed by atoms with E-state index in [-0.39, 0.29) is 11.3 Å². The van der Waals surface area contributed by atoms with E-state index < -0.39 is 34.3 Å². The normalized spacial score (nSPS) is 14.3. The first-order chi connectivity index (χ1) is 19.0. The number of nitrogens with one attached hydrogen (secondary N) is 1. The lowest BCUT2D eigenvalue weighted by Gasteiger charge is -2.36. The van der Waals surface area contributed by atoms with Gasteiger partial charge >= 0.3 is 6.18 Å². The molecule has 1 fully saturated rings. The van der Waals surface area contributed by atoms with Gasteiger partial charge in [-0.1, -0.05) is 36.1 Å². The van der Waals surface area contributed by atoms with Crippen LogP contribution in [0.2, 0.25) is 0 Å². The minimum Gasteiger partial charge on any atom is -0.508 e. The van der Waals surface area contributed by atoms with Crippen molar-refractivity contribution in [1.29, 1.82) is 0 Å². The number of anilines is 1. The SMILES string of the molecule is O=C(NS(=O)(=O)CCC(F)(F)F)c1ccc(N2CCN(Cc3ccccc3C#Cc3cccc(O)c3)CC2)cc1. The van der Waals surface area contributed by atoms with E-state index in [0.29, 0.717) is 0 Å². The van der Waals surface area contributed by atoms with Crippen LogP contribution in [0.1, 0.15) is 33.5 Å². The van der Waals surface area contributed by atoms with Gasteiger partial charge in [0, 0.05) is 55.1 Å². The number of hydrogen-bond acceptors (Lipinski definition) is 6. The number of rotatable bonds is 7. The van der Waals surface area contributed by atoms with Crippen molar-refractivity contribution < 1.29 is 31.5 Å². The van der Waals surface area contributed by atoms with Gasteiger partial charge in [0.1, 0.15) is 5.75 Å². The van der Waals surface area contributed by atoms with Crippen LogP contribution in [0.3, 0.4) is 0 Å². The molecular weight excluding hydrogens is 543 g/mol. The molecule has 0 aliphatic carbocycles. The molecule has 0 spiro atoms. The first-order valence-electron chi connectivity index (χ1n) is 12.6. The molecule has 0 bridgehead atoms. The summed E-state index contributed by atoms with van der Waals surface area (Å²) in [7, 11) is -4.40. The van der Waals surface area contributed by atoms with Crippen molar-refractivity contribution in [3.05, 3.63) is 95.1 Å². The van der Waals surface area contributed by atoms with Crippen LogP contribution in [0.5, 0.6) is 5.75 Å². The van der Waals surface area contributed by atoms with E-state index >= 15 is 0 Å². The molecule has 210 valence electrons. The van der Waals surface area contributed by atoms with Crippen LogP contribution in [0, 0.1) is 11.8 Å². The first kappa shape index (κ1) is 29.0. The molecule has 0 radical (unpaired) electrons. The fraction of sp³-hybridized carbons (Fsp3) is 0.276. The fourth-order valence-electron chi connectivity index (χ4n) is 4.23. The van der Waals surface area contributed by atoms with Crippen LogP contribution in [0.25, 0.3) is 0 Å². The number of sulfonamides is 1. The van der Waals surface area contributed by atoms with E-state index in [9.17, 15) is 31.5 Å². The molecule has 0 saturated carbocycles. The van der Waals surface area contributed by atoms with Crippen LogP contribution in [-0.2, 0) is 16.6 Å². The molecule has 40 heavy (non-hydrogen) atoms. The predicted octanol–water partition coefficient (Wildman–Crippen LogP) is 4.13. The Morgan fingerprint density at radius 3 is 2.30 bits per heavy atom. The number of piperazine rings is 1. The van der Waals surface area contributed by atoms with Gasteiger partial charge < -0.3 is 10.0 Å². The smallest absolute Gasteiger partial charge is 0.390 e. The lowest BCUT2D eigenvalue weighted by Crippen LogP contribution is -2.46. The highest BCUT2D eigenvalue weighted by Gasteiger charge is 2.30. The molecule has 1 amide bonds. The van der Waals surface area contributed by atoms with E-state index in [1.807, 2.05) is 30.3 Å². The van der Waals surface area contributed by atoms with Gasteiger partial charge in [-0.15, -0.1) is 0 Å². The third kappa shape index (κ3) is 8.49. The molecule has 1 aliphatic rings. The summed E-state index contributed by atoms with van der Waals surface area (Å²) in [6.45, 7) is 3.76. The number of amides is 1. The van der Waals surface area contributed by atoms with E-state index in [1.54, 1.807) is 35.1 Å². The number of hydrogen-bond donors (Lipinski definition) is 2. The Bertz CT molecular complexity index is 1510. The zero-order valence-electron chi connectivity index (χ0n) is 21.5. The van der Waals surface area contributed by atoms with Crippen LogP contribution in [0.4, 0.5) is 18.9 Å². The Labute approximate surface area is 231 Å². The summed E-state index contributed by atoms with van der Waals surface area (Å²) >= 11 is 0. The summed E-state index contributed by atoms with van der Waals surface area (Å²) in [6.07, 6.45) is -6.16. The zero-order valence-corrected chi connectivity index (χ0v) is 22.3. The highest BCUT2D eigenvalue weighted by atomic mass is 32.2. The average Bonchev–Trinajstić information content (AvgIpc) is 2.92. The summed E-state index contributed by atoms with van der Waals surface area (Å²) in [5.41, 5.74) is 3.65. The number of alkyl halides is 3. The fourth-order valence-corrected chi connectivity index (χ4v) is 5.24. The maximum Gasteiger partial charge on any atom is 0.390 e. The third-order valence-electron chi connectivity index (χ3n) is 6.37. The van der Waals surface area contributed by atoms with Crippen LogP contribution < -0.4 is 9.62 Å². The quantitative estimate of drug-likeness (QED) is 0.415. The number of carbonyl (C=O) groups is 1. The molecule has 3 aromatic carbocycles. The summed E-state index contributed by atoms with van der Waals surface area (Å²) in [6, 6.07) is 21.0. The molecule has 1 heterocycles. The Kier molecular flexibility index (Phi) is 9.02. The number of benzene rings is 3. The minimum atomic E-state index is -4.63. The molecule has 1 aliphatic heterocycles. The number of carbonyl (C=O) groups excluding carboxylic acids is 1. The monoisotopic (exact) mass is 571 g/mol. The van der Waals surface area contributed by atoms with Crippen LogP contribution in [0.15, 0.2) is 72.8 Å². The summed E-state index contributed by atoms with van der Waals surface area (Å²) in [5, 5.41) is 9.65. The number of phenols is 1. The number of aromatic hydroxyl groups is 1. The van der Waals surface area contributed by atoms with Gasteiger partial charge in [-0.05, 0) is 54.1 Å². The summed E-state index contributed by atoms with van der Waals surface area (Å²) in [5.74, 6) is 4.30. The highest BCUT2D eigenvalue weighted by Crippen LogP contribution is 2.21. The van der Waals surface area contributed by atoms with Crippen molar-refractivity contribution in [2.45, 2.75) is 19.1 Å². The molecule has 3 aromatic rings. The predicted molar refractivity (Wildman–Crippen MR) is 146 cm³/mol. The van der Waals surface area contributed by atoms with Gasteiger partial charge in [0.2, 0.25) is 10.0 Å². The minimum absolute atomic E-state index is 0.0430. The summed E-state index contributed by atoms with van der Waals surface area (Å²) in [4.78, 5) is 16.7. The van der Waals surface area contributed by atoms with Gasteiger partial charge in [0.05, 0.1) is 12.2 Å². The van der Waals surface area contributed by atoms with Crippen molar-refractivity contribution in [2.24, 2.45) is 0 Å². The summed E-state index contributed by atoms with van der Waals surface area (Å²) < 4.78 is 62.3. The van der Waals surface area contributed by atoms with Crippen molar-refractivity contribution in [2.75, 3.05) is 36.8 Å². The van der Waals surface area contributed by atoms with Crippen molar-refractivity contribution >= 4 is 21.6 Å². The molecule has 4 rings (SSSR count). The second-order valence-corrected chi connectivity index (χ2v) is 11.2. The Morgan fingerprint density at radius 1 is 0.925 bits per heavy atom. The molecule has 11 heteroatoms. The molecular formula is C29H28F3N3O4S. The van der Waals surface area contributed by atoms with Crippen LogP contribution in [-0.4, -0.2) is 62.4 Å².